The van der Waals surface area contributed by atoms with E-state index in [2.05, 4.69) is 10.5 Å². The van der Waals surface area contributed by atoms with Gasteiger partial charge in [0.2, 0.25) is 0 Å². The van der Waals surface area contributed by atoms with Crippen LogP contribution in [0.2, 0.25) is 10.0 Å². The Bertz CT molecular complexity index is 1020. The Morgan fingerprint density at radius 1 is 1.11 bits per heavy atom. The van der Waals surface area contributed by atoms with Gasteiger partial charge in [-0.15, -0.1) is 0 Å². The number of benzene rings is 2. The molecule has 0 aliphatic rings. The van der Waals surface area contributed by atoms with Crippen LogP contribution in [0.15, 0.2) is 70.2 Å². The molecule has 27 heavy (non-hydrogen) atoms. The van der Waals surface area contributed by atoms with E-state index in [1.54, 1.807) is 54.6 Å². The average molecular weight is 398 g/mol. The summed E-state index contributed by atoms with van der Waals surface area (Å²) in [6.45, 7) is 0. The third kappa shape index (κ3) is 4.37. The van der Waals surface area contributed by atoms with Crippen LogP contribution in [0.3, 0.4) is 0 Å². The van der Waals surface area contributed by atoms with Crippen molar-refractivity contribution >= 4 is 35.3 Å². The highest BCUT2D eigenvalue weighted by atomic mass is 35.5. The number of nitrogens with zero attached hydrogens (tertiary/aromatic N) is 2. The van der Waals surface area contributed by atoms with E-state index in [1.165, 1.54) is 6.21 Å². The molecule has 0 radical (unpaired) electrons. The van der Waals surface area contributed by atoms with Crippen molar-refractivity contribution in [3.63, 3.8) is 0 Å². The van der Waals surface area contributed by atoms with Gasteiger partial charge in [-0.3, -0.25) is 4.79 Å². The maximum absolute atomic E-state index is 12.2. The number of carbonyl (C=O) groups is 1. The topological polar surface area (TPSA) is 78.4 Å². The number of amides is 1. The molecule has 0 saturated heterocycles. The van der Waals surface area contributed by atoms with E-state index in [0.29, 0.717) is 32.7 Å². The molecular formula is C20H13Cl2N3O2. The second-order valence-corrected chi connectivity index (χ2v) is 6.30. The zero-order chi connectivity index (χ0) is 19.2. The smallest absolute Gasteiger partial charge is 0.261 e. The van der Waals surface area contributed by atoms with Crippen LogP contribution in [0.4, 0.5) is 0 Å². The summed E-state index contributed by atoms with van der Waals surface area (Å²) < 4.78 is 5.65. The summed E-state index contributed by atoms with van der Waals surface area (Å²) in [6.07, 6.45) is 1.35. The lowest BCUT2D eigenvalue weighted by molar-refractivity contribution is -0.121. The summed E-state index contributed by atoms with van der Waals surface area (Å²) in [4.78, 5) is 12.2. The van der Waals surface area contributed by atoms with Crippen LogP contribution >= 0.6 is 23.2 Å². The van der Waals surface area contributed by atoms with Gasteiger partial charge < -0.3 is 4.42 Å². The summed E-state index contributed by atoms with van der Waals surface area (Å²) in [6, 6.07) is 19.4. The van der Waals surface area contributed by atoms with Gasteiger partial charge in [-0.25, -0.2) is 5.43 Å². The van der Waals surface area contributed by atoms with Crippen molar-refractivity contribution in [2.75, 3.05) is 0 Å². The van der Waals surface area contributed by atoms with Crippen LogP contribution in [0, 0.1) is 11.3 Å². The molecule has 0 spiro atoms. The van der Waals surface area contributed by atoms with Crippen molar-refractivity contribution in [2.45, 2.75) is 5.92 Å². The minimum Gasteiger partial charge on any atom is -0.455 e. The molecule has 0 bridgehead atoms. The van der Waals surface area contributed by atoms with Crippen molar-refractivity contribution in [3.8, 4) is 17.4 Å². The molecule has 3 rings (SSSR count). The minimum atomic E-state index is -0.944. The van der Waals surface area contributed by atoms with Gasteiger partial charge in [-0.2, -0.15) is 10.4 Å². The van der Waals surface area contributed by atoms with Gasteiger partial charge in [0.15, 0.2) is 5.92 Å². The molecule has 1 atom stereocenters. The van der Waals surface area contributed by atoms with Gasteiger partial charge in [-0.05, 0) is 29.8 Å². The fourth-order valence-electron chi connectivity index (χ4n) is 2.42. The molecule has 7 heteroatoms. The molecule has 0 saturated carbocycles. The van der Waals surface area contributed by atoms with Crippen molar-refractivity contribution in [1.29, 1.82) is 5.26 Å². The summed E-state index contributed by atoms with van der Waals surface area (Å²) in [7, 11) is 0. The molecule has 1 N–H and O–H groups in total. The van der Waals surface area contributed by atoms with Crippen molar-refractivity contribution < 1.29 is 9.21 Å². The molecule has 134 valence electrons. The molecule has 2 aromatic carbocycles. The van der Waals surface area contributed by atoms with Gasteiger partial charge in [-0.1, -0.05) is 59.6 Å². The molecule has 0 unspecified atom stereocenters. The quantitative estimate of drug-likeness (QED) is 0.485. The fourth-order valence-corrected chi connectivity index (χ4v) is 2.81. The van der Waals surface area contributed by atoms with E-state index in [-0.39, 0.29) is 0 Å². The van der Waals surface area contributed by atoms with Gasteiger partial charge >= 0.3 is 0 Å². The van der Waals surface area contributed by atoms with Crippen molar-refractivity contribution in [1.82, 2.24) is 5.43 Å². The third-order valence-electron chi connectivity index (χ3n) is 3.73. The number of hydrazone groups is 1. The molecule has 5 nitrogen and oxygen atoms in total. The van der Waals surface area contributed by atoms with Gasteiger partial charge in [0.1, 0.15) is 11.5 Å². The van der Waals surface area contributed by atoms with E-state index in [0.717, 1.165) is 0 Å². The SMILES string of the molecule is N#C[C@@H](C(=O)N/N=C\c1ccc(-c2cccc(Cl)c2Cl)o1)c1ccccc1. The number of furan rings is 1. The zero-order valence-corrected chi connectivity index (χ0v) is 15.4. The Kier molecular flexibility index (Phi) is 5.92. The molecule has 1 heterocycles. The van der Waals surface area contributed by atoms with Gasteiger partial charge in [0.25, 0.3) is 5.91 Å². The lowest BCUT2D eigenvalue weighted by atomic mass is 10.0. The molecule has 0 aliphatic carbocycles. The largest absolute Gasteiger partial charge is 0.455 e. The predicted molar refractivity (Wildman–Crippen MR) is 105 cm³/mol. The number of rotatable bonds is 5. The zero-order valence-electron chi connectivity index (χ0n) is 13.9. The number of carbonyl (C=O) groups excluding carboxylic acids is 1. The number of nitriles is 1. The van der Waals surface area contributed by atoms with Crippen molar-refractivity contribution in [3.05, 3.63) is 82.0 Å². The Morgan fingerprint density at radius 3 is 2.63 bits per heavy atom. The van der Waals surface area contributed by atoms with E-state index in [4.69, 9.17) is 27.6 Å². The van der Waals surface area contributed by atoms with Crippen LogP contribution < -0.4 is 5.43 Å². The molecular weight excluding hydrogens is 385 g/mol. The number of hydrogen-bond acceptors (Lipinski definition) is 4. The monoisotopic (exact) mass is 397 g/mol. The number of hydrogen-bond donors (Lipinski definition) is 1. The number of nitrogens with one attached hydrogen (secondary N) is 1. The lowest BCUT2D eigenvalue weighted by Gasteiger charge is -2.06. The minimum absolute atomic E-state index is 0.394. The Labute approximate surface area is 165 Å². The first-order valence-electron chi connectivity index (χ1n) is 7.92. The Balaban J connectivity index is 1.69. The molecule has 1 amide bonds. The summed E-state index contributed by atoms with van der Waals surface area (Å²) in [5.41, 5.74) is 3.61. The third-order valence-corrected chi connectivity index (χ3v) is 4.55. The average Bonchev–Trinajstić information content (AvgIpc) is 3.14. The summed E-state index contributed by atoms with van der Waals surface area (Å²) in [5.74, 6) is -0.533. The maximum Gasteiger partial charge on any atom is 0.261 e. The Morgan fingerprint density at radius 2 is 1.89 bits per heavy atom. The van der Waals surface area contributed by atoms with E-state index in [1.807, 2.05) is 12.1 Å². The molecule has 0 aliphatic heterocycles. The molecule has 3 aromatic rings. The van der Waals surface area contributed by atoms with E-state index in [9.17, 15) is 10.1 Å². The predicted octanol–water partition coefficient (Wildman–Crippen LogP) is 5.01. The van der Waals surface area contributed by atoms with Crippen LogP contribution in [-0.4, -0.2) is 12.1 Å². The Hall–Kier alpha value is -3.07. The second kappa shape index (κ2) is 8.54. The van der Waals surface area contributed by atoms with Gasteiger partial charge in [0.05, 0.1) is 22.3 Å². The highest BCUT2D eigenvalue weighted by Gasteiger charge is 2.19. The second-order valence-electron chi connectivity index (χ2n) is 5.51. The summed E-state index contributed by atoms with van der Waals surface area (Å²) >= 11 is 12.2. The van der Waals surface area contributed by atoms with Crippen LogP contribution in [0.1, 0.15) is 17.2 Å². The normalized spacial score (nSPS) is 11.9. The standard InChI is InChI=1S/C20H13Cl2N3O2/c21-17-8-4-7-15(19(17)22)18-10-9-14(27-18)12-24-25-20(26)16(11-23)13-5-2-1-3-6-13/h1-10,12,16H,(H,25,26)/b24-12-/t16-/m1/s1. The summed E-state index contributed by atoms with van der Waals surface area (Å²) in [5, 5.41) is 13.9. The van der Waals surface area contributed by atoms with E-state index >= 15 is 0 Å². The fraction of sp³-hybridized carbons (Fsp3) is 0.0500. The van der Waals surface area contributed by atoms with Gasteiger partial charge in [0, 0.05) is 5.56 Å². The first-order chi connectivity index (χ1) is 13.1. The van der Waals surface area contributed by atoms with Crippen LogP contribution in [0.25, 0.3) is 11.3 Å². The lowest BCUT2D eigenvalue weighted by Crippen LogP contribution is -2.24. The maximum atomic E-state index is 12.2. The van der Waals surface area contributed by atoms with Crippen molar-refractivity contribution in [2.24, 2.45) is 5.10 Å². The van der Waals surface area contributed by atoms with Crippen LogP contribution in [-0.2, 0) is 4.79 Å². The van der Waals surface area contributed by atoms with E-state index < -0.39 is 11.8 Å². The highest BCUT2D eigenvalue weighted by molar-refractivity contribution is 6.43. The first-order valence-corrected chi connectivity index (χ1v) is 8.67. The first kappa shape index (κ1) is 18.7. The van der Waals surface area contributed by atoms with Crippen LogP contribution in [0.5, 0.6) is 0 Å². The molecule has 0 fully saturated rings. The highest BCUT2D eigenvalue weighted by Crippen LogP contribution is 2.34. The molecule has 1 aromatic heterocycles. The number of halogens is 2.